The maximum Gasteiger partial charge on any atom is 0.340 e. The van der Waals surface area contributed by atoms with E-state index < -0.39 is 30.2 Å². The maximum absolute atomic E-state index is 12.8. The lowest BCUT2D eigenvalue weighted by molar-refractivity contribution is -0.0189. The summed E-state index contributed by atoms with van der Waals surface area (Å²) in [5.41, 5.74) is -0.00541. The Morgan fingerprint density at radius 3 is 2.67 bits per heavy atom. The highest BCUT2D eigenvalue weighted by Crippen LogP contribution is 2.48. The molecule has 0 bridgehead atoms. The van der Waals surface area contributed by atoms with Crippen molar-refractivity contribution in [3.8, 4) is 5.75 Å². The molecular formula is C27H29F2N3O4. The Hall–Kier alpha value is -3.33. The Kier molecular flexibility index (Phi) is 5.86. The number of hydrogen-bond acceptors (Lipinski definition) is 7. The van der Waals surface area contributed by atoms with Gasteiger partial charge >= 0.3 is 5.97 Å². The van der Waals surface area contributed by atoms with Gasteiger partial charge in [0.1, 0.15) is 29.6 Å². The number of anilines is 2. The number of fused-ring (bicyclic) bond motifs is 2. The first-order valence-corrected chi connectivity index (χ1v) is 12.0. The number of esters is 1. The topological polar surface area (TPSA) is 93.6 Å². The van der Waals surface area contributed by atoms with Gasteiger partial charge in [-0.05, 0) is 74.7 Å². The summed E-state index contributed by atoms with van der Waals surface area (Å²) >= 11 is 0. The number of pyridine rings is 2. The van der Waals surface area contributed by atoms with E-state index >= 15 is 0 Å². The van der Waals surface area contributed by atoms with Crippen LogP contribution in [0.5, 0.6) is 5.75 Å². The van der Waals surface area contributed by atoms with Crippen LogP contribution in [0, 0.1) is 5.92 Å². The molecule has 1 aliphatic heterocycles. The first kappa shape index (κ1) is 24.4. The molecule has 0 amide bonds. The molecule has 2 aliphatic rings. The van der Waals surface area contributed by atoms with Crippen molar-refractivity contribution in [1.29, 1.82) is 0 Å². The molecule has 3 aromatic rings. The number of benzene rings is 1. The standard InChI is InChI=1S/C27H29F2N3O4/c1-14-24-16(25(33)36-26(14,2)3)7-10-22(32-24)31-23-11-17-18(12-30-23)20(35-13-21(28)29)9-8-19(17)27(4,34)15-5-6-15/h7-12,14-15,21,34H,5-6,13H2,1-4H3,(H,30,31,32)/t14-,27-/m1/s1. The molecule has 190 valence electrons. The molecule has 9 heteroatoms. The smallest absolute Gasteiger partial charge is 0.340 e. The average molecular weight is 498 g/mol. The molecule has 1 saturated carbocycles. The number of ether oxygens (including phenoxy) is 2. The second-order valence-corrected chi connectivity index (χ2v) is 10.3. The lowest BCUT2D eigenvalue weighted by Gasteiger charge is -2.36. The molecule has 0 radical (unpaired) electrons. The van der Waals surface area contributed by atoms with Crippen LogP contribution in [0.1, 0.15) is 68.1 Å². The molecule has 1 aliphatic carbocycles. The van der Waals surface area contributed by atoms with Crippen molar-refractivity contribution in [2.75, 3.05) is 11.9 Å². The molecule has 2 N–H and O–H groups in total. The molecule has 5 rings (SSSR count). The minimum Gasteiger partial charge on any atom is -0.487 e. The third-order valence-electron chi connectivity index (χ3n) is 7.35. The molecule has 3 heterocycles. The zero-order valence-corrected chi connectivity index (χ0v) is 20.6. The zero-order chi connectivity index (χ0) is 25.8. The minimum atomic E-state index is -2.61. The number of nitrogens with zero attached hydrogens (tertiary/aromatic N) is 2. The number of cyclic esters (lactones) is 1. The molecule has 0 saturated heterocycles. The number of nitrogens with one attached hydrogen (secondary N) is 1. The molecule has 7 nitrogen and oxygen atoms in total. The van der Waals surface area contributed by atoms with Gasteiger partial charge < -0.3 is 19.9 Å². The molecule has 36 heavy (non-hydrogen) atoms. The van der Waals surface area contributed by atoms with E-state index in [4.69, 9.17) is 9.47 Å². The van der Waals surface area contributed by atoms with E-state index in [0.717, 1.165) is 12.8 Å². The second kappa shape index (κ2) is 8.65. The minimum absolute atomic E-state index is 0.119. The summed E-state index contributed by atoms with van der Waals surface area (Å²) in [4.78, 5) is 21.5. The summed E-state index contributed by atoms with van der Waals surface area (Å²) in [7, 11) is 0. The highest BCUT2D eigenvalue weighted by Gasteiger charge is 2.42. The van der Waals surface area contributed by atoms with Crippen LogP contribution in [0.15, 0.2) is 36.5 Å². The summed E-state index contributed by atoms with van der Waals surface area (Å²) in [5, 5.41) is 15.7. The van der Waals surface area contributed by atoms with E-state index in [1.807, 2.05) is 20.8 Å². The first-order chi connectivity index (χ1) is 17.0. The van der Waals surface area contributed by atoms with Crippen molar-refractivity contribution in [3.05, 3.63) is 53.3 Å². The number of rotatable bonds is 7. The quantitative estimate of drug-likeness (QED) is 0.405. The number of carbonyl (C=O) groups is 1. The van der Waals surface area contributed by atoms with Gasteiger partial charge in [-0.3, -0.25) is 0 Å². The first-order valence-electron chi connectivity index (χ1n) is 12.0. The number of alkyl halides is 2. The lowest BCUT2D eigenvalue weighted by Crippen LogP contribution is -2.39. The van der Waals surface area contributed by atoms with Crippen LogP contribution in [-0.2, 0) is 10.3 Å². The number of carbonyl (C=O) groups excluding carboxylic acids is 1. The normalized spacial score (nSPS) is 20.6. The Morgan fingerprint density at radius 1 is 1.22 bits per heavy atom. The van der Waals surface area contributed by atoms with E-state index in [0.29, 0.717) is 39.2 Å². The van der Waals surface area contributed by atoms with Gasteiger partial charge in [-0.2, -0.15) is 0 Å². The van der Waals surface area contributed by atoms with Gasteiger partial charge in [0, 0.05) is 17.5 Å². The van der Waals surface area contributed by atoms with E-state index in [-0.39, 0.29) is 17.6 Å². The summed E-state index contributed by atoms with van der Waals surface area (Å²) in [6.07, 6.45) is 0.782. The molecule has 2 atom stereocenters. The van der Waals surface area contributed by atoms with Gasteiger partial charge in [0.05, 0.1) is 16.9 Å². The average Bonchev–Trinajstić information content (AvgIpc) is 3.67. The largest absolute Gasteiger partial charge is 0.487 e. The molecule has 0 unspecified atom stereocenters. The van der Waals surface area contributed by atoms with Gasteiger partial charge in [0.15, 0.2) is 0 Å². The van der Waals surface area contributed by atoms with Crippen LogP contribution in [0.3, 0.4) is 0 Å². The Balaban J connectivity index is 1.54. The fourth-order valence-corrected chi connectivity index (χ4v) is 4.76. The second-order valence-electron chi connectivity index (χ2n) is 10.3. The third kappa shape index (κ3) is 4.36. The van der Waals surface area contributed by atoms with Crippen LogP contribution in [0.25, 0.3) is 10.8 Å². The zero-order valence-electron chi connectivity index (χ0n) is 20.6. The number of aliphatic hydroxyl groups is 1. The monoisotopic (exact) mass is 497 g/mol. The highest BCUT2D eigenvalue weighted by atomic mass is 19.3. The third-order valence-corrected chi connectivity index (χ3v) is 7.35. The lowest BCUT2D eigenvalue weighted by atomic mass is 9.84. The predicted octanol–water partition coefficient (Wildman–Crippen LogP) is 5.69. The number of halogens is 2. The van der Waals surface area contributed by atoms with E-state index in [1.54, 1.807) is 43.5 Å². The predicted molar refractivity (Wildman–Crippen MR) is 131 cm³/mol. The highest BCUT2D eigenvalue weighted by molar-refractivity contribution is 5.94. The van der Waals surface area contributed by atoms with E-state index in [9.17, 15) is 18.7 Å². The summed E-state index contributed by atoms with van der Waals surface area (Å²) in [5.74, 6) is 0.842. The Morgan fingerprint density at radius 2 is 1.97 bits per heavy atom. The van der Waals surface area contributed by atoms with Crippen molar-refractivity contribution in [3.63, 3.8) is 0 Å². The van der Waals surface area contributed by atoms with E-state index in [1.165, 1.54) is 0 Å². The maximum atomic E-state index is 12.8. The Labute approximate surface area is 207 Å². The van der Waals surface area contributed by atoms with Crippen LogP contribution < -0.4 is 10.1 Å². The van der Waals surface area contributed by atoms with Gasteiger partial charge in [-0.25, -0.2) is 23.5 Å². The van der Waals surface area contributed by atoms with Crippen LogP contribution >= 0.6 is 0 Å². The van der Waals surface area contributed by atoms with Crippen LogP contribution in [-0.4, -0.2) is 39.7 Å². The summed E-state index contributed by atoms with van der Waals surface area (Å²) < 4.78 is 36.5. The fourth-order valence-electron chi connectivity index (χ4n) is 4.76. The number of hydrogen-bond donors (Lipinski definition) is 2. The molecule has 0 spiro atoms. The Bertz CT molecular complexity index is 1340. The van der Waals surface area contributed by atoms with Crippen LogP contribution in [0.4, 0.5) is 20.4 Å². The summed E-state index contributed by atoms with van der Waals surface area (Å²) in [6.45, 7) is 6.71. The van der Waals surface area contributed by atoms with Crippen molar-refractivity contribution >= 4 is 28.4 Å². The fraction of sp³-hybridized carbons (Fsp3) is 0.444. The molecule has 1 aromatic carbocycles. The van der Waals surface area contributed by atoms with Crippen LogP contribution in [0.2, 0.25) is 0 Å². The van der Waals surface area contributed by atoms with Gasteiger partial charge in [0.2, 0.25) is 0 Å². The summed E-state index contributed by atoms with van der Waals surface area (Å²) in [6, 6.07) is 8.47. The van der Waals surface area contributed by atoms with Crippen molar-refractivity contribution < 1.29 is 28.2 Å². The van der Waals surface area contributed by atoms with Crippen molar-refractivity contribution in [1.82, 2.24) is 9.97 Å². The van der Waals surface area contributed by atoms with Crippen molar-refractivity contribution in [2.24, 2.45) is 5.92 Å². The van der Waals surface area contributed by atoms with E-state index in [2.05, 4.69) is 15.3 Å². The van der Waals surface area contributed by atoms with Crippen molar-refractivity contribution in [2.45, 2.75) is 64.1 Å². The van der Waals surface area contributed by atoms with Gasteiger partial charge in [-0.15, -0.1) is 0 Å². The van der Waals surface area contributed by atoms with Gasteiger partial charge in [0.25, 0.3) is 6.43 Å². The molecular weight excluding hydrogens is 468 g/mol. The number of aromatic nitrogens is 2. The molecule has 1 fully saturated rings. The van der Waals surface area contributed by atoms with Gasteiger partial charge in [-0.1, -0.05) is 13.0 Å². The SMILES string of the molecule is C[C@@H]1c2nc(Nc3cc4c([C@](C)(O)C5CC5)ccc(OCC(F)F)c4cn3)ccc2C(=O)OC1(C)C. The molecule has 2 aromatic heterocycles.